The monoisotopic (exact) mass is 312 g/mol. The van der Waals surface area contributed by atoms with Crippen LogP contribution in [0.1, 0.15) is 15.9 Å². The number of anilines is 1. The van der Waals surface area contributed by atoms with Gasteiger partial charge >= 0.3 is 5.97 Å². The molecule has 0 aliphatic carbocycles. The smallest absolute Gasteiger partial charge is 0.337 e. The van der Waals surface area contributed by atoms with E-state index in [-0.39, 0.29) is 12.5 Å². The minimum absolute atomic E-state index is 0.206. The van der Waals surface area contributed by atoms with Crippen LogP contribution in [-0.4, -0.2) is 31.8 Å². The first kappa shape index (κ1) is 16.2. The van der Waals surface area contributed by atoms with Crippen LogP contribution in [0.3, 0.4) is 0 Å². The zero-order valence-electron chi connectivity index (χ0n) is 12.6. The molecule has 0 unspecified atom stereocenters. The molecule has 0 bridgehead atoms. The molecule has 0 atom stereocenters. The molecule has 0 aliphatic heterocycles. The fraction of sp³-hybridized carbons (Fsp3) is 0.118. The lowest BCUT2D eigenvalue weighted by atomic mass is 10.2. The highest BCUT2D eigenvalue weighted by Crippen LogP contribution is 2.10. The van der Waals surface area contributed by atoms with Gasteiger partial charge in [0.2, 0.25) is 0 Å². The van der Waals surface area contributed by atoms with E-state index in [0.29, 0.717) is 11.3 Å². The molecular formula is C17H16N2O4. The molecule has 0 heterocycles. The molecule has 0 aliphatic rings. The maximum atomic E-state index is 11.7. The van der Waals surface area contributed by atoms with Gasteiger partial charge in [0, 0.05) is 5.69 Å². The third-order valence-electron chi connectivity index (χ3n) is 2.86. The van der Waals surface area contributed by atoms with Crippen LogP contribution >= 0.6 is 0 Å². The minimum Gasteiger partial charge on any atom is -0.465 e. The predicted octanol–water partition coefficient (Wildman–Crippen LogP) is 2.46. The summed E-state index contributed by atoms with van der Waals surface area (Å²) < 4.78 is 4.60. The van der Waals surface area contributed by atoms with Crippen LogP contribution in [0.5, 0.6) is 0 Å². The van der Waals surface area contributed by atoms with E-state index in [1.807, 2.05) is 30.3 Å². The van der Waals surface area contributed by atoms with E-state index in [1.54, 1.807) is 24.3 Å². The molecule has 6 heteroatoms. The van der Waals surface area contributed by atoms with Crippen LogP contribution in [0.4, 0.5) is 5.69 Å². The Labute approximate surface area is 133 Å². The molecule has 1 amide bonds. The van der Waals surface area contributed by atoms with Crippen molar-refractivity contribution in [3.63, 3.8) is 0 Å². The average molecular weight is 312 g/mol. The SMILES string of the molecule is COC(=O)c1ccc(NC(=O)CO/N=C\c2ccccc2)cc1. The number of amides is 1. The first-order valence-corrected chi connectivity index (χ1v) is 6.87. The van der Waals surface area contributed by atoms with Crippen molar-refractivity contribution >= 4 is 23.8 Å². The fourth-order valence-electron chi connectivity index (χ4n) is 1.74. The zero-order valence-corrected chi connectivity index (χ0v) is 12.6. The van der Waals surface area contributed by atoms with E-state index in [9.17, 15) is 9.59 Å². The predicted molar refractivity (Wildman–Crippen MR) is 86.4 cm³/mol. The minimum atomic E-state index is -0.429. The van der Waals surface area contributed by atoms with Gasteiger partial charge in [-0.1, -0.05) is 35.5 Å². The molecule has 0 fully saturated rings. The number of esters is 1. The first-order valence-electron chi connectivity index (χ1n) is 6.87. The number of nitrogens with one attached hydrogen (secondary N) is 1. The molecule has 2 aromatic carbocycles. The largest absolute Gasteiger partial charge is 0.465 e. The van der Waals surface area contributed by atoms with Gasteiger partial charge in [0.15, 0.2) is 6.61 Å². The molecule has 0 spiro atoms. The second kappa shape index (κ2) is 8.33. The fourth-order valence-corrected chi connectivity index (χ4v) is 1.74. The van der Waals surface area contributed by atoms with Crippen molar-refractivity contribution in [3.05, 3.63) is 65.7 Å². The Morgan fingerprint density at radius 3 is 2.43 bits per heavy atom. The number of hydrogen-bond donors (Lipinski definition) is 1. The van der Waals surface area contributed by atoms with Crippen molar-refractivity contribution in [2.24, 2.45) is 5.16 Å². The molecule has 0 saturated heterocycles. The van der Waals surface area contributed by atoms with Gasteiger partial charge in [-0.25, -0.2) is 4.79 Å². The number of carbonyl (C=O) groups excluding carboxylic acids is 2. The highest BCUT2D eigenvalue weighted by molar-refractivity contribution is 5.93. The molecule has 2 rings (SSSR count). The number of carbonyl (C=O) groups is 2. The Hall–Kier alpha value is -3.15. The highest BCUT2D eigenvalue weighted by atomic mass is 16.6. The lowest BCUT2D eigenvalue weighted by molar-refractivity contribution is -0.120. The van der Waals surface area contributed by atoms with Gasteiger partial charge in [-0.2, -0.15) is 0 Å². The Bertz CT molecular complexity index is 681. The molecule has 118 valence electrons. The van der Waals surface area contributed by atoms with Gasteiger partial charge in [0.1, 0.15) is 0 Å². The summed E-state index contributed by atoms with van der Waals surface area (Å²) in [7, 11) is 1.31. The number of benzene rings is 2. The van der Waals surface area contributed by atoms with E-state index >= 15 is 0 Å². The molecule has 2 aromatic rings. The van der Waals surface area contributed by atoms with Crippen molar-refractivity contribution in [1.82, 2.24) is 0 Å². The number of oxime groups is 1. The summed E-state index contributed by atoms with van der Waals surface area (Å²) >= 11 is 0. The first-order chi connectivity index (χ1) is 11.2. The summed E-state index contributed by atoms with van der Waals surface area (Å²) in [4.78, 5) is 27.9. The summed E-state index contributed by atoms with van der Waals surface area (Å²) in [6.07, 6.45) is 1.53. The second-order valence-corrected chi connectivity index (χ2v) is 4.54. The molecule has 0 saturated carbocycles. The lowest BCUT2D eigenvalue weighted by Crippen LogP contribution is -2.17. The summed E-state index contributed by atoms with van der Waals surface area (Å²) in [5.41, 5.74) is 1.85. The average Bonchev–Trinajstić information content (AvgIpc) is 2.59. The number of methoxy groups -OCH3 is 1. The second-order valence-electron chi connectivity index (χ2n) is 4.54. The standard InChI is InChI=1S/C17H16N2O4/c1-22-17(21)14-7-9-15(10-8-14)19-16(20)12-23-18-11-13-5-3-2-4-6-13/h2-11H,12H2,1H3,(H,19,20)/b18-11-. The number of hydrogen-bond acceptors (Lipinski definition) is 5. The Morgan fingerprint density at radius 2 is 1.78 bits per heavy atom. The van der Waals surface area contributed by atoms with Crippen molar-refractivity contribution in [1.29, 1.82) is 0 Å². The molecular weight excluding hydrogens is 296 g/mol. The Morgan fingerprint density at radius 1 is 1.09 bits per heavy atom. The molecule has 0 radical (unpaired) electrons. The third kappa shape index (κ3) is 5.28. The summed E-state index contributed by atoms with van der Waals surface area (Å²) in [5, 5.41) is 6.36. The summed E-state index contributed by atoms with van der Waals surface area (Å²) in [6.45, 7) is -0.206. The normalized spacial score (nSPS) is 10.3. The topological polar surface area (TPSA) is 77.0 Å². The molecule has 6 nitrogen and oxygen atoms in total. The Kier molecular flexibility index (Phi) is 5.88. The van der Waals surface area contributed by atoms with E-state index < -0.39 is 5.97 Å². The molecule has 0 aromatic heterocycles. The molecule has 1 N–H and O–H groups in total. The third-order valence-corrected chi connectivity index (χ3v) is 2.86. The number of ether oxygens (including phenoxy) is 1. The van der Waals surface area contributed by atoms with Crippen molar-refractivity contribution in [2.45, 2.75) is 0 Å². The van der Waals surface area contributed by atoms with E-state index in [2.05, 4.69) is 15.2 Å². The van der Waals surface area contributed by atoms with Crippen molar-refractivity contribution in [2.75, 3.05) is 19.0 Å². The van der Waals surface area contributed by atoms with Crippen LogP contribution in [0.2, 0.25) is 0 Å². The summed E-state index contributed by atoms with van der Waals surface area (Å²) in [6, 6.07) is 15.8. The maximum Gasteiger partial charge on any atom is 0.337 e. The lowest BCUT2D eigenvalue weighted by Gasteiger charge is -2.05. The van der Waals surface area contributed by atoms with Crippen molar-refractivity contribution in [3.8, 4) is 0 Å². The van der Waals surface area contributed by atoms with Crippen LogP contribution < -0.4 is 5.32 Å². The van der Waals surface area contributed by atoms with Gasteiger partial charge in [-0.05, 0) is 29.8 Å². The van der Waals surface area contributed by atoms with Gasteiger partial charge in [-0.3, -0.25) is 4.79 Å². The molecule has 23 heavy (non-hydrogen) atoms. The number of rotatable bonds is 6. The van der Waals surface area contributed by atoms with Crippen LogP contribution in [0.15, 0.2) is 59.8 Å². The van der Waals surface area contributed by atoms with Crippen LogP contribution in [0.25, 0.3) is 0 Å². The van der Waals surface area contributed by atoms with Gasteiger partial charge in [0.25, 0.3) is 5.91 Å². The van der Waals surface area contributed by atoms with Gasteiger partial charge in [0.05, 0.1) is 18.9 Å². The van der Waals surface area contributed by atoms with Crippen molar-refractivity contribution < 1.29 is 19.2 Å². The van der Waals surface area contributed by atoms with Gasteiger partial charge in [-0.15, -0.1) is 0 Å². The Balaban J connectivity index is 1.78. The van der Waals surface area contributed by atoms with E-state index in [4.69, 9.17) is 4.84 Å². The highest BCUT2D eigenvalue weighted by Gasteiger charge is 2.06. The summed E-state index contributed by atoms with van der Waals surface area (Å²) in [5.74, 6) is -0.775. The van der Waals surface area contributed by atoms with Crippen LogP contribution in [0, 0.1) is 0 Å². The maximum absolute atomic E-state index is 11.7. The quantitative estimate of drug-likeness (QED) is 0.505. The van der Waals surface area contributed by atoms with E-state index in [1.165, 1.54) is 13.3 Å². The van der Waals surface area contributed by atoms with Crippen LogP contribution in [-0.2, 0) is 14.4 Å². The number of nitrogens with zero attached hydrogens (tertiary/aromatic N) is 1. The van der Waals surface area contributed by atoms with E-state index in [0.717, 1.165) is 5.56 Å². The van der Waals surface area contributed by atoms with Gasteiger partial charge < -0.3 is 14.9 Å². The zero-order chi connectivity index (χ0) is 16.5.